The van der Waals surface area contributed by atoms with Crippen molar-refractivity contribution < 1.29 is 14.3 Å². The number of carbonyl (C=O) groups is 1. The second kappa shape index (κ2) is 8.96. The van der Waals surface area contributed by atoms with Gasteiger partial charge in [-0.05, 0) is 60.9 Å². The van der Waals surface area contributed by atoms with Crippen LogP contribution < -0.4 is 5.32 Å². The number of aliphatic hydroxyl groups is 1. The van der Waals surface area contributed by atoms with Gasteiger partial charge in [-0.3, -0.25) is 14.7 Å². The fraction of sp³-hybridized carbons (Fsp3) is 0.280. The molecule has 0 bridgehead atoms. The lowest BCUT2D eigenvalue weighted by Crippen LogP contribution is -2.62. The van der Waals surface area contributed by atoms with Gasteiger partial charge in [0.15, 0.2) is 0 Å². The molecule has 0 aliphatic carbocycles. The first-order valence-corrected chi connectivity index (χ1v) is 10.4. The molecule has 1 aromatic heterocycles. The number of carbonyl (C=O) groups excluding carboxylic acids is 1. The standard InChI is InChI=1S/C25H26FN3O2/c1-25(31)13-16-29(17-18-11-14-27-15-12-18)22(19-5-3-2-4-6-19)23(25)28-24(30)20-7-9-21(26)10-8-20/h2-12,14-15,22-23,31H,13,16-17H2,1H3,(H,28,30)/t22-,23-,25+/m0/s1. The molecule has 160 valence electrons. The van der Waals surface area contributed by atoms with E-state index in [1.165, 1.54) is 24.3 Å². The molecule has 1 fully saturated rings. The third-order valence-corrected chi connectivity index (χ3v) is 5.95. The molecule has 2 heterocycles. The number of nitrogens with zero attached hydrogens (tertiary/aromatic N) is 2. The number of likely N-dealkylation sites (tertiary alicyclic amines) is 1. The molecule has 0 unspecified atom stereocenters. The van der Waals surface area contributed by atoms with E-state index in [0.29, 0.717) is 25.1 Å². The minimum absolute atomic E-state index is 0.234. The van der Waals surface area contributed by atoms with Crippen LogP contribution in [0.5, 0.6) is 0 Å². The molecule has 0 spiro atoms. The quantitative estimate of drug-likeness (QED) is 0.662. The topological polar surface area (TPSA) is 65.5 Å². The van der Waals surface area contributed by atoms with Gasteiger partial charge in [0.2, 0.25) is 0 Å². The molecule has 1 amide bonds. The van der Waals surface area contributed by atoms with Crippen molar-refractivity contribution >= 4 is 5.91 Å². The number of rotatable bonds is 5. The number of amides is 1. The van der Waals surface area contributed by atoms with E-state index in [2.05, 4.69) is 15.2 Å². The summed E-state index contributed by atoms with van der Waals surface area (Å²) in [6.07, 6.45) is 4.04. The summed E-state index contributed by atoms with van der Waals surface area (Å²) in [6.45, 7) is 3.11. The summed E-state index contributed by atoms with van der Waals surface area (Å²) in [4.78, 5) is 19.3. The van der Waals surface area contributed by atoms with Crippen LogP contribution in [0, 0.1) is 5.82 Å². The number of hydrogen-bond acceptors (Lipinski definition) is 4. The molecular formula is C25H26FN3O2. The number of hydrogen-bond donors (Lipinski definition) is 2. The largest absolute Gasteiger partial charge is 0.388 e. The summed E-state index contributed by atoms with van der Waals surface area (Å²) < 4.78 is 13.3. The summed E-state index contributed by atoms with van der Waals surface area (Å²) in [5, 5.41) is 14.3. The normalized spacial score (nSPS) is 24.0. The number of halogens is 1. The van der Waals surface area contributed by atoms with Crippen molar-refractivity contribution in [1.29, 1.82) is 0 Å². The van der Waals surface area contributed by atoms with Crippen LogP contribution >= 0.6 is 0 Å². The third kappa shape index (κ3) is 4.81. The van der Waals surface area contributed by atoms with Crippen LogP contribution in [-0.2, 0) is 6.54 Å². The van der Waals surface area contributed by atoms with Crippen LogP contribution in [0.4, 0.5) is 4.39 Å². The van der Waals surface area contributed by atoms with Gasteiger partial charge in [-0.15, -0.1) is 0 Å². The predicted molar refractivity (Wildman–Crippen MR) is 117 cm³/mol. The summed E-state index contributed by atoms with van der Waals surface area (Å²) in [6, 6.07) is 18.5. The Hall–Kier alpha value is -3.09. The summed E-state index contributed by atoms with van der Waals surface area (Å²) in [5.41, 5.74) is 1.38. The molecule has 3 aromatic rings. The van der Waals surface area contributed by atoms with Gasteiger partial charge in [0.25, 0.3) is 5.91 Å². The molecule has 4 rings (SSSR count). The first-order valence-electron chi connectivity index (χ1n) is 10.4. The monoisotopic (exact) mass is 419 g/mol. The Morgan fingerprint density at radius 1 is 1.13 bits per heavy atom. The van der Waals surface area contributed by atoms with E-state index in [1.807, 2.05) is 42.5 Å². The molecule has 2 N–H and O–H groups in total. The average molecular weight is 420 g/mol. The van der Waals surface area contributed by atoms with Gasteiger partial charge in [0.1, 0.15) is 5.82 Å². The molecule has 1 saturated heterocycles. The van der Waals surface area contributed by atoms with E-state index < -0.39 is 17.5 Å². The molecule has 6 heteroatoms. The molecular weight excluding hydrogens is 393 g/mol. The van der Waals surface area contributed by atoms with Gasteiger partial charge >= 0.3 is 0 Å². The first-order chi connectivity index (χ1) is 14.9. The van der Waals surface area contributed by atoms with Crippen LogP contribution in [0.1, 0.15) is 40.9 Å². The predicted octanol–water partition coefficient (Wildman–Crippen LogP) is 3.72. The van der Waals surface area contributed by atoms with Crippen LogP contribution in [0.3, 0.4) is 0 Å². The lowest BCUT2D eigenvalue weighted by molar-refractivity contribution is -0.0665. The maximum Gasteiger partial charge on any atom is 0.251 e. The van der Waals surface area contributed by atoms with Crippen molar-refractivity contribution in [2.45, 2.75) is 37.6 Å². The highest BCUT2D eigenvalue weighted by atomic mass is 19.1. The number of pyridine rings is 1. The number of piperidine rings is 1. The Kier molecular flexibility index (Phi) is 6.11. The molecule has 1 aliphatic rings. The summed E-state index contributed by atoms with van der Waals surface area (Å²) in [5.74, 6) is -0.733. The highest BCUT2D eigenvalue weighted by Gasteiger charge is 2.46. The average Bonchev–Trinajstić information content (AvgIpc) is 2.78. The van der Waals surface area contributed by atoms with Crippen molar-refractivity contribution in [3.8, 4) is 0 Å². The van der Waals surface area contributed by atoms with Crippen LogP contribution in [0.15, 0.2) is 79.1 Å². The smallest absolute Gasteiger partial charge is 0.251 e. The van der Waals surface area contributed by atoms with Crippen LogP contribution in [0.25, 0.3) is 0 Å². The molecule has 3 atom stereocenters. The molecule has 0 saturated carbocycles. The Labute approximate surface area is 181 Å². The van der Waals surface area contributed by atoms with E-state index >= 15 is 0 Å². The number of aromatic nitrogens is 1. The SMILES string of the molecule is C[C@@]1(O)CCN(Cc2ccncc2)[C@@H](c2ccccc2)[C@@H]1NC(=O)c1ccc(F)cc1. The van der Waals surface area contributed by atoms with Crippen molar-refractivity contribution in [2.24, 2.45) is 0 Å². The van der Waals surface area contributed by atoms with Gasteiger partial charge in [-0.1, -0.05) is 30.3 Å². The first kappa shape index (κ1) is 21.2. The van der Waals surface area contributed by atoms with E-state index in [0.717, 1.165) is 11.1 Å². The third-order valence-electron chi connectivity index (χ3n) is 5.95. The van der Waals surface area contributed by atoms with Crippen LogP contribution in [0.2, 0.25) is 0 Å². The fourth-order valence-corrected chi connectivity index (χ4v) is 4.23. The van der Waals surface area contributed by atoms with Gasteiger partial charge in [0, 0.05) is 31.0 Å². The summed E-state index contributed by atoms with van der Waals surface area (Å²) in [7, 11) is 0. The van der Waals surface area contributed by atoms with Crippen molar-refractivity contribution in [3.63, 3.8) is 0 Å². The van der Waals surface area contributed by atoms with Gasteiger partial charge in [0.05, 0.1) is 17.7 Å². The van der Waals surface area contributed by atoms with Crippen molar-refractivity contribution in [3.05, 3.63) is 102 Å². The highest BCUT2D eigenvalue weighted by molar-refractivity contribution is 5.94. The van der Waals surface area contributed by atoms with Crippen LogP contribution in [-0.4, -0.2) is 39.1 Å². The molecule has 0 radical (unpaired) electrons. The van der Waals surface area contributed by atoms with E-state index in [9.17, 15) is 14.3 Å². The molecule has 31 heavy (non-hydrogen) atoms. The Morgan fingerprint density at radius 2 is 1.81 bits per heavy atom. The van der Waals surface area contributed by atoms with Gasteiger partial charge in [-0.25, -0.2) is 4.39 Å². The minimum atomic E-state index is -1.11. The zero-order chi connectivity index (χ0) is 21.8. The number of benzene rings is 2. The highest BCUT2D eigenvalue weighted by Crippen LogP contribution is 2.38. The van der Waals surface area contributed by atoms with Gasteiger partial charge < -0.3 is 10.4 Å². The Balaban J connectivity index is 1.67. The zero-order valence-electron chi connectivity index (χ0n) is 17.4. The second-order valence-corrected chi connectivity index (χ2v) is 8.25. The molecule has 2 aromatic carbocycles. The van der Waals surface area contributed by atoms with Crippen molar-refractivity contribution in [1.82, 2.24) is 15.2 Å². The zero-order valence-corrected chi connectivity index (χ0v) is 17.4. The van der Waals surface area contributed by atoms with E-state index in [1.54, 1.807) is 19.3 Å². The fourth-order valence-electron chi connectivity index (χ4n) is 4.23. The lowest BCUT2D eigenvalue weighted by Gasteiger charge is -2.49. The molecule has 1 aliphatic heterocycles. The summed E-state index contributed by atoms with van der Waals surface area (Å²) >= 11 is 0. The maximum atomic E-state index is 13.3. The number of nitrogens with one attached hydrogen (secondary N) is 1. The Morgan fingerprint density at radius 3 is 2.48 bits per heavy atom. The molecule has 5 nitrogen and oxygen atoms in total. The van der Waals surface area contributed by atoms with E-state index in [-0.39, 0.29) is 11.9 Å². The lowest BCUT2D eigenvalue weighted by atomic mass is 9.79. The second-order valence-electron chi connectivity index (χ2n) is 8.25. The van der Waals surface area contributed by atoms with E-state index in [4.69, 9.17) is 0 Å². The minimum Gasteiger partial charge on any atom is -0.388 e. The van der Waals surface area contributed by atoms with Crippen molar-refractivity contribution in [2.75, 3.05) is 6.54 Å². The Bertz CT molecular complexity index is 1010. The maximum absolute atomic E-state index is 13.3. The van der Waals surface area contributed by atoms with Gasteiger partial charge in [-0.2, -0.15) is 0 Å².